The molecule has 1 aromatic carbocycles. The van der Waals surface area contributed by atoms with E-state index in [1.165, 1.54) is 18.2 Å². The van der Waals surface area contributed by atoms with Crippen LogP contribution in [-0.4, -0.2) is 65.4 Å². The first kappa shape index (κ1) is 18.8. The molecule has 0 saturated carbocycles. The highest BCUT2D eigenvalue weighted by Gasteiger charge is 2.37. The van der Waals surface area contributed by atoms with Crippen LogP contribution >= 0.6 is 11.6 Å². The van der Waals surface area contributed by atoms with E-state index >= 15 is 0 Å². The van der Waals surface area contributed by atoms with Gasteiger partial charge in [0.15, 0.2) is 0 Å². The highest BCUT2D eigenvalue weighted by molar-refractivity contribution is 6.31. The molecule has 0 unspecified atom stereocenters. The Bertz CT molecular complexity index is 795. The number of morpholine rings is 1. The first-order valence-corrected chi connectivity index (χ1v) is 8.75. The quantitative estimate of drug-likeness (QED) is 0.817. The van der Waals surface area contributed by atoms with Crippen molar-refractivity contribution in [3.8, 4) is 0 Å². The summed E-state index contributed by atoms with van der Waals surface area (Å²) in [5, 5.41) is 4.17. The fourth-order valence-electron chi connectivity index (χ4n) is 3.26. The van der Waals surface area contributed by atoms with Gasteiger partial charge >= 0.3 is 0 Å². The number of carbonyl (C=O) groups excluding carboxylic acids is 1. The van der Waals surface area contributed by atoms with E-state index in [-0.39, 0.29) is 23.1 Å². The van der Waals surface area contributed by atoms with Gasteiger partial charge in [0, 0.05) is 37.5 Å². The fourth-order valence-corrected chi connectivity index (χ4v) is 3.44. The van der Waals surface area contributed by atoms with E-state index in [4.69, 9.17) is 16.3 Å². The molecule has 0 radical (unpaired) electrons. The third-order valence-corrected chi connectivity index (χ3v) is 4.68. The van der Waals surface area contributed by atoms with Crippen LogP contribution in [0.4, 0.5) is 4.39 Å². The molecule has 3 rings (SSSR count). The van der Waals surface area contributed by atoms with Crippen LogP contribution in [-0.2, 0) is 11.8 Å². The first-order chi connectivity index (χ1) is 12.4. The minimum Gasteiger partial charge on any atom is -0.373 e. The van der Waals surface area contributed by atoms with Gasteiger partial charge in [0.05, 0.1) is 30.0 Å². The monoisotopic (exact) mass is 380 g/mol. The van der Waals surface area contributed by atoms with Crippen molar-refractivity contribution >= 4 is 17.5 Å². The van der Waals surface area contributed by atoms with Gasteiger partial charge in [-0.1, -0.05) is 11.6 Å². The maximum Gasteiger partial charge on any atom is 0.254 e. The molecule has 1 saturated heterocycles. The zero-order valence-corrected chi connectivity index (χ0v) is 15.8. The van der Waals surface area contributed by atoms with Crippen molar-refractivity contribution in [2.75, 3.05) is 33.8 Å². The number of nitrogens with zero attached hydrogens (tertiary/aromatic N) is 4. The average Bonchev–Trinajstić information content (AvgIpc) is 3.02. The predicted molar refractivity (Wildman–Crippen MR) is 96.7 cm³/mol. The number of carbonyl (C=O) groups is 1. The van der Waals surface area contributed by atoms with Gasteiger partial charge in [-0.15, -0.1) is 0 Å². The van der Waals surface area contributed by atoms with E-state index in [0.717, 1.165) is 5.56 Å². The largest absolute Gasteiger partial charge is 0.373 e. The molecule has 0 spiro atoms. The molecule has 1 amide bonds. The molecule has 2 aromatic rings. The summed E-state index contributed by atoms with van der Waals surface area (Å²) in [4.78, 5) is 16.9. The molecule has 1 fully saturated rings. The molecule has 1 aliphatic heterocycles. The van der Waals surface area contributed by atoms with Crippen LogP contribution in [0.3, 0.4) is 0 Å². The molecule has 1 aromatic heterocycles. The van der Waals surface area contributed by atoms with Gasteiger partial charge in [-0.2, -0.15) is 5.10 Å². The van der Waals surface area contributed by atoms with Gasteiger partial charge in [-0.05, 0) is 32.3 Å². The Hall–Kier alpha value is -1.96. The standard InChI is InChI=1S/C18H22ClFN4O2/c1-22(2)11-16-17(13-9-21-23(3)10-13)24(6-7-26-16)18(25)12-4-5-15(20)14(19)8-12/h4-5,8-10,16-17H,6-7,11H2,1-3H3/t16-,17-/m0/s1. The second-order valence-electron chi connectivity index (χ2n) is 6.69. The summed E-state index contributed by atoms with van der Waals surface area (Å²) >= 11 is 5.86. The Labute approximate surface area is 157 Å². The van der Waals surface area contributed by atoms with Crippen LogP contribution < -0.4 is 0 Å². The summed E-state index contributed by atoms with van der Waals surface area (Å²) in [7, 11) is 5.76. The number of rotatable bonds is 4. The third-order valence-electron chi connectivity index (χ3n) is 4.39. The summed E-state index contributed by atoms with van der Waals surface area (Å²) in [5.74, 6) is -0.743. The number of amides is 1. The molecule has 0 aliphatic carbocycles. The lowest BCUT2D eigenvalue weighted by Gasteiger charge is -2.41. The zero-order chi connectivity index (χ0) is 18.8. The smallest absolute Gasteiger partial charge is 0.254 e. The van der Waals surface area contributed by atoms with E-state index in [0.29, 0.717) is 25.3 Å². The Morgan fingerprint density at radius 3 is 2.85 bits per heavy atom. The molecule has 1 aliphatic rings. The molecular formula is C18H22ClFN4O2. The van der Waals surface area contributed by atoms with E-state index in [2.05, 4.69) is 5.10 Å². The third kappa shape index (κ3) is 3.90. The van der Waals surface area contributed by atoms with Crippen LogP contribution in [0.2, 0.25) is 5.02 Å². The zero-order valence-electron chi connectivity index (χ0n) is 15.0. The highest BCUT2D eigenvalue weighted by Crippen LogP contribution is 2.31. The lowest BCUT2D eigenvalue weighted by atomic mass is 9.99. The summed E-state index contributed by atoms with van der Waals surface area (Å²) < 4.78 is 21.1. The Morgan fingerprint density at radius 2 is 2.23 bits per heavy atom. The lowest BCUT2D eigenvalue weighted by Crippen LogP contribution is -2.51. The molecule has 8 heteroatoms. The minimum atomic E-state index is -0.542. The molecule has 6 nitrogen and oxygen atoms in total. The van der Waals surface area contributed by atoms with Crippen LogP contribution in [0.25, 0.3) is 0 Å². The molecule has 2 heterocycles. The fraction of sp³-hybridized carbons (Fsp3) is 0.444. The second-order valence-corrected chi connectivity index (χ2v) is 7.10. The Balaban J connectivity index is 1.96. The number of aryl methyl sites for hydroxylation is 1. The van der Waals surface area contributed by atoms with Crippen LogP contribution in [0.1, 0.15) is 22.0 Å². The summed E-state index contributed by atoms with van der Waals surface area (Å²) in [6.45, 7) is 1.54. The molecular weight excluding hydrogens is 359 g/mol. The normalized spacial score (nSPS) is 20.6. The van der Waals surface area contributed by atoms with E-state index < -0.39 is 5.82 Å². The number of aromatic nitrogens is 2. The first-order valence-electron chi connectivity index (χ1n) is 8.37. The summed E-state index contributed by atoms with van der Waals surface area (Å²) in [6.07, 6.45) is 3.45. The van der Waals surface area contributed by atoms with Crippen molar-refractivity contribution in [2.24, 2.45) is 7.05 Å². The Kier molecular flexibility index (Phi) is 5.60. The predicted octanol–water partition coefficient (Wildman–Crippen LogP) is 2.36. The van der Waals surface area contributed by atoms with Crippen molar-refractivity contribution in [2.45, 2.75) is 12.1 Å². The van der Waals surface area contributed by atoms with Gasteiger partial charge < -0.3 is 14.5 Å². The Morgan fingerprint density at radius 1 is 1.46 bits per heavy atom. The minimum absolute atomic E-state index is 0.0631. The maximum absolute atomic E-state index is 13.5. The van der Waals surface area contributed by atoms with Crippen molar-refractivity contribution in [3.63, 3.8) is 0 Å². The van der Waals surface area contributed by atoms with Crippen LogP contribution in [0, 0.1) is 5.82 Å². The van der Waals surface area contributed by atoms with Crippen LogP contribution in [0.15, 0.2) is 30.6 Å². The summed E-state index contributed by atoms with van der Waals surface area (Å²) in [5.41, 5.74) is 1.26. The van der Waals surface area contributed by atoms with Gasteiger partial charge in [-0.25, -0.2) is 4.39 Å². The number of halogens is 2. The van der Waals surface area contributed by atoms with E-state index in [1.807, 2.05) is 32.2 Å². The SMILES string of the molecule is CN(C)C[C@@H]1OCCN(C(=O)c2ccc(F)c(Cl)c2)[C@H]1c1cnn(C)c1. The van der Waals surface area contributed by atoms with E-state index in [9.17, 15) is 9.18 Å². The second kappa shape index (κ2) is 7.73. The van der Waals surface area contributed by atoms with Crippen molar-refractivity contribution < 1.29 is 13.9 Å². The molecule has 140 valence electrons. The van der Waals surface area contributed by atoms with Gasteiger partial charge in [0.1, 0.15) is 5.82 Å². The van der Waals surface area contributed by atoms with E-state index in [1.54, 1.807) is 15.8 Å². The number of benzene rings is 1. The summed E-state index contributed by atoms with van der Waals surface area (Å²) in [6, 6.07) is 3.76. The van der Waals surface area contributed by atoms with Gasteiger partial charge in [0.25, 0.3) is 5.91 Å². The molecule has 26 heavy (non-hydrogen) atoms. The average molecular weight is 381 g/mol. The molecule has 0 bridgehead atoms. The molecule has 0 N–H and O–H groups in total. The molecule has 2 atom stereocenters. The van der Waals surface area contributed by atoms with Crippen molar-refractivity contribution in [1.29, 1.82) is 0 Å². The van der Waals surface area contributed by atoms with Crippen molar-refractivity contribution in [1.82, 2.24) is 19.6 Å². The topological polar surface area (TPSA) is 50.6 Å². The highest BCUT2D eigenvalue weighted by atomic mass is 35.5. The number of hydrogen-bond donors (Lipinski definition) is 0. The lowest BCUT2D eigenvalue weighted by molar-refractivity contribution is -0.0684. The number of hydrogen-bond acceptors (Lipinski definition) is 4. The van der Waals surface area contributed by atoms with Gasteiger partial charge in [0.2, 0.25) is 0 Å². The number of likely N-dealkylation sites (N-methyl/N-ethyl adjacent to an activating group) is 1. The maximum atomic E-state index is 13.5. The van der Waals surface area contributed by atoms with Crippen LogP contribution in [0.5, 0.6) is 0 Å². The van der Waals surface area contributed by atoms with Crippen molar-refractivity contribution in [3.05, 3.63) is 52.6 Å². The van der Waals surface area contributed by atoms with Gasteiger partial charge in [-0.3, -0.25) is 9.48 Å². The number of ether oxygens (including phenoxy) is 1.